The van der Waals surface area contributed by atoms with E-state index in [1.807, 2.05) is 24.3 Å². The van der Waals surface area contributed by atoms with Gasteiger partial charge in [-0.2, -0.15) is 0 Å². The van der Waals surface area contributed by atoms with E-state index in [9.17, 15) is 4.79 Å². The minimum absolute atomic E-state index is 0.114. The van der Waals surface area contributed by atoms with Crippen LogP contribution in [-0.2, 0) is 11.3 Å². The Morgan fingerprint density at radius 2 is 2.24 bits per heavy atom. The number of carbonyl (C=O) groups excluding carboxylic acids is 1. The van der Waals surface area contributed by atoms with Crippen LogP contribution in [-0.4, -0.2) is 31.1 Å². The molecule has 0 spiro atoms. The van der Waals surface area contributed by atoms with Crippen LogP contribution in [0.4, 0.5) is 0 Å². The van der Waals surface area contributed by atoms with Gasteiger partial charge in [0.25, 0.3) is 5.91 Å². The first kappa shape index (κ1) is 19.1. The maximum atomic E-state index is 10.8. The largest absolute Gasteiger partial charge is 0.484 e. The molecule has 4 N–H and O–H groups in total. The SMILES string of the molecule is CCNC(=NCc1cccc(OCC(N)=O)c1)NC1CCCC(C)C1. The summed E-state index contributed by atoms with van der Waals surface area (Å²) in [5.41, 5.74) is 6.13. The number of hydrogen-bond donors (Lipinski definition) is 3. The van der Waals surface area contributed by atoms with E-state index in [2.05, 4.69) is 29.5 Å². The Morgan fingerprint density at radius 3 is 2.96 bits per heavy atom. The van der Waals surface area contributed by atoms with Crippen molar-refractivity contribution in [3.05, 3.63) is 29.8 Å². The molecule has 1 fully saturated rings. The predicted molar refractivity (Wildman–Crippen MR) is 101 cm³/mol. The third-order valence-electron chi connectivity index (χ3n) is 4.32. The fraction of sp³-hybridized carbons (Fsp3) is 0.579. The summed E-state index contributed by atoms with van der Waals surface area (Å²) in [7, 11) is 0. The normalized spacial score (nSPS) is 20.8. The molecule has 138 valence electrons. The van der Waals surface area contributed by atoms with Gasteiger partial charge in [-0.15, -0.1) is 0 Å². The van der Waals surface area contributed by atoms with E-state index in [4.69, 9.17) is 10.5 Å². The summed E-state index contributed by atoms with van der Waals surface area (Å²) >= 11 is 0. The molecule has 6 nitrogen and oxygen atoms in total. The van der Waals surface area contributed by atoms with Gasteiger partial charge in [0, 0.05) is 12.6 Å². The molecular weight excluding hydrogens is 316 g/mol. The molecular formula is C19H30N4O2. The van der Waals surface area contributed by atoms with Gasteiger partial charge in [0.05, 0.1) is 6.54 Å². The lowest BCUT2D eigenvalue weighted by Crippen LogP contribution is -2.45. The number of rotatable bonds is 7. The number of amides is 1. The van der Waals surface area contributed by atoms with Crippen molar-refractivity contribution in [1.29, 1.82) is 0 Å². The molecule has 0 aromatic heterocycles. The summed E-state index contributed by atoms with van der Waals surface area (Å²) in [5.74, 6) is 1.77. The van der Waals surface area contributed by atoms with Crippen molar-refractivity contribution in [2.24, 2.45) is 16.6 Å². The summed E-state index contributed by atoms with van der Waals surface area (Å²) in [6, 6.07) is 8.07. The molecule has 2 atom stereocenters. The van der Waals surface area contributed by atoms with Crippen LogP contribution in [0.1, 0.15) is 45.1 Å². The van der Waals surface area contributed by atoms with E-state index in [-0.39, 0.29) is 6.61 Å². The molecule has 1 aromatic carbocycles. The van der Waals surface area contributed by atoms with Gasteiger partial charge < -0.3 is 21.1 Å². The van der Waals surface area contributed by atoms with Crippen molar-refractivity contribution in [1.82, 2.24) is 10.6 Å². The van der Waals surface area contributed by atoms with E-state index in [0.717, 1.165) is 24.0 Å². The monoisotopic (exact) mass is 346 g/mol. The summed E-state index contributed by atoms with van der Waals surface area (Å²) in [6.45, 7) is 5.65. The number of guanidine groups is 1. The van der Waals surface area contributed by atoms with Crippen LogP contribution in [0.2, 0.25) is 0 Å². The molecule has 6 heteroatoms. The van der Waals surface area contributed by atoms with Crippen LogP contribution in [0.25, 0.3) is 0 Å². The first-order valence-corrected chi connectivity index (χ1v) is 9.11. The molecule has 1 aliphatic carbocycles. The molecule has 25 heavy (non-hydrogen) atoms. The molecule has 2 unspecified atom stereocenters. The van der Waals surface area contributed by atoms with E-state index in [0.29, 0.717) is 18.3 Å². The molecule has 0 saturated heterocycles. The summed E-state index contributed by atoms with van der Waals surface area (Å²) < 4.78 is 5.34. The van der Waals surface area contributed by atoms with E-state index >= 15 is 0 Å². The number of carbonyl (C=O) groups is 1. The number of aliphatic imine (C=N–C) groups is 1. The van der Waals surface area contributed by atoms with Gasteiger partial charge in [0.2, 0.25) is 0 Å². The lowest BCUT2D eigenvalue weighted by molar-refractivity contribution is -0.119. The topological polar surface area (TPSA) is 88.7 Å². The fourth-order valence-electron chi connectivity index (χ4n) is 3.14. The Morgan fingerprint density at radius 1 is 1.40 bits per heavy atom. The molecule has 1 saturated carbocycles. The summed E-state index contributed by atoms with van der Waals surface area (Å²) in [6.07, 6.45) is 4.99. The first-order chi connectivity index (χ1) is 12.1. The highest BCUT2D eigenvalue weighted by atomic mass is 16.5. The average Bonchev–Trinajstić information content (AvgIpc) is 2.58. The predicted octanol–water partition coefficient (Wildman–Crippen LogP) is 2.18. The van der Waals surface area contributed by atoms with Gasteiger partial charge in [-0.25, -0.2) is 4.99 Å². The van der Waals surface area contributed by atoms with Crippen LogP contribution in [0, 0.1) is 5.92 Å². The third kappa shape index (κ3) is 7.03. The van der Waals surface area contributed by atoms with Gasteiger partial charge in [0.15, 0.2) is 12.6 Å². The average molecular weight is 346 g/mol. The highest BCUT2D eigenvalue weighted by Gasteiger charge is 2.19. The van der Waals surface area contributed by atoms with Crippen LogP contribution in [0.3, 0.4) is 0 Å². The standard InChI is InChI=1S/C19H30N4O2/c1-3-21-19(23-16-8-4-6-14(2)10-16)22-12-15-7-5-9-17(11-15)25-13-18(20)24/h5,7,9,11,14,16H,3-4,6,8,10,12-13H2,1-2H3,(H2,20,24)(H2,21,22,23). The number of nitrogens with two attached hydrogens (primary N) is 1. The highest BCUT2D eigenvalue weighted by molar-refractivity contribution is 5.80. The van der Waals surface area contributed by atoms with Gasteiger partial charge in [-0.3, -0.25) is 4.79 Å². The third-order valence-corrected chi connectivity index (χ3v) is 4.32. The zero-order valence-corrected chi connectivity index (χ0v) is 15.3. The van der Waals surface area contributed by atoms with Gasteiger partial charge >= 0.3 is 0 Å². The Balaban J connectivity index is 1.95. The number of nitrogens with one attached hydrogen (secondary N) is 2. The molecule has 1 aromatic rings. The Kier molecular flexibility index (Phi) is 7.57. The van der Waals surface area contributed by atoms with Crippen LogP contribution in [0.5, 0.6) is 5.75 Å². The first-order valence-electron chi connectivity index (χ1n) is 9.11. The maximum Gasteiger partial charge on any atom is 0.255 e. The van der Waals surface area contributed by atoms with Crippen molar-refractivity contribution in [2.45, 2.75) is 52.1 Å². The Bertz CT molecular complexity index is 589. The Hall–Kier alpha value is -2.24. The smallest absolute Gasteiger partial charge is 0.255 e. The zero-order valence-electron chi connectivity index (χ0n) is 15.3. The van der Waals surface area contributed by atoms with Gasteiger partial charge in [0.1, 0.15) is 5.75 Å². The summed E-state index contributed by atoms with van der Waals surface area (Å²) in [4.78, 5) is 15.5. The van der Waals surface area contributed by atoms with E-state index in [1.54, 1.807) is 0 Å². The van der Waals surface area contributed by atoms with E-state index < -0.39 is 5.91 Å². The molecule has 1 aliphatic rings. The lowest BCUT2D eigenvalue weighted by atomic mass is 9.87. The molecule has 0 aliphatic heterocycles. The number of hydrogen-bond acceptors (Lipinski definition) is 3. The second-order valence-corrected chi connectivity index (χ2v) is 6.71. The maximum absolute atomic E-state index is 10.8. The van der Waals surface area contributed by atoms with Gasteiger partial charge in [-0.05, 0) is 43.4 Å². The zero-order chi connectivity index (χ0) is 18.1. The summed E-state index contributed by atoms with van der Waals surface area (Å²) in [5, 5.41) is 6.87. The molecule has 0 radical (unpaired) electrons. The van der Waals surface area contributed by atoms with Crippen LogP contribution >= 0.6 is 0 Å². The quantitative estimate of drug-likeness (QED) is 0.521. The molecule has 2 rings (SSSR count). The minimum Gasteiger partial charge on any atom is -0.484 e. The molecule has 0 heterocycles. The molecule has 1 amide bonds. The fourth-order valence-corrected chi connectivity index (χ4v) is 3.14. The lowest BCUT2D eigenvalue weighted by Gasteiger charge is -2.28. The van der Waals surface area contributed by atoms with Crippen molar-refractivity contribution >= 4 is 11.9 Å². The number of benzene rings is 1. The second-order valence-electron chi connectivity index (χ2n) is 6.71. The van der Waals surface area contributed by atoms with E-state index in [1.165, 1.54) is 25.7 Å². The van der Waals surface area contributed by atoms with Gasteiger partial charge in [-0.1, -0.05) is 31.9 Å². The number of ether oxygens (including phenoxy) is 1. The van der Waals surface area contributed by atoms with Crippen molar-refractivity contribution in [2.75, 3.05) is 13.2 Å². The highest BCUT2D eigenvalue weighted by Crippen LogP contribution is 2.23. The van der Waals surface area contributed by atoms with Crippen molar-refractivity contribution in [3.8, 4) is 5.75 Å². The number of nitrogens with zero attached hydrogens (tertiary/aromatic N) is 1. The molecule has 0 bridgehead atoms. The minimum atomic E-state index is -0.483. The van der Waals surface area contributed by atoms with Crippen molar-refractivity contribution in [3.63, 3.8) is 0 Å². The number of primary amides is 1. The second kappa shape index (κ2) is 9.91. The van der Waals surface area contributed by atoms with Crippen LogP contribution < -0.4 is 21.1 Å². The van der Waals surface area contributed by atoms with Crippen LogP contribution in [0.15, 0.2) is 29.3 Å². The van der Waals surface area contributed by atoms with Crippen molar-refractivity contribution < 1.29 is 9.53 Å². The Labute approximate surface area is 150 Å².